The van der Waals surface area contributed by atoms with Crippen LogP contribution < -0.4 is 0 Å². The molecule has 118 valence electrons. The average molecular weight is 301 g/mol. The van der Waals surface area contributed by atoms with Crippen molar-refractivity contribution in [1.82, 2.24) is 4.90 Å². The van der Waals surface area contributed by atoms with Crippen LogP contribution in [0.5, 0.6) is 0 Å². The van der Waals surface area contributed by atoms with Crippen LogP contribution in [0, 0.1) is 11.8 Å². The van der Waals surface area contributed by atoms with E-state index in [2.05, 4.69) is 0 Å². The van der Waals surface area contributed by atoms with Crippen molar-refractivity contribution in [2.45, 2.75) is 45.1 Å². The summed E-state index contributed by atoms with van der Waals surface area (Å²) in [6.45, 7) is 2.24. The molecule has 1 aromatic carbocycles. The molecule has 0 radical (unpaired) electrons. The molecule has 0 bridgehead atoms. The number of benzene rings is 1. The summed E-state index contributed by atoms with van der Waals surface area (Å²) in [4.78, 5) is 26.0. The minimum atomic E-state index is -0.480. The first kappa shape index (κ1) is 15.1. The highest BCUT2D eigenvalue weighted by Crippen LogP contribution is 2.33. The third kappa shape index (κ3) is 3.16. The molecular weight excluding hydrogens is 278 g/mol. The standard InChI is InChI=1S/C18H23NO3/c1-13(10-14-8-5-9-14)17(20)19-16(12-22-18(19)21)11-15-6-3-2-4-7-15/h2-4,6-7,13-14,16H,5,8-12H2,1H3/t13?,16-/m1/s1. The molecule has 1 unspecified atom stereocenters. The summed E-state index contributed by atoms with van der Waals surface area (Å²) in [5, 5.41) is 0. The number of carbonyl (C=O) groups is 2. The summed E-state index contributed by atoms with van der Waals surface area (Å²) in [6, 6.07) is 9.76. The maximum Gasteiger partial charge on any atom is 0.416 e. The highest BCUT2D eigenvalue weighted by atomic mass is 16.6. The van der Waals surface area contributed by atoms with E-state index in [0.717, 1.165) is 12.0 Å². The van der Waals surface area contributed by atoms with Crippen molar-refractivity contribution in [3.63, 3.8) is 0 Å². The van der Waals surface area contributed by atoms with Crippen LogP contribution in [-0.4, -0.2) is 29.5 Å². The van der Waals surface area contributed by atoms with E-state index in [9.17, 15) is 9.59 Å². The zero-order valence-corrected chi connectivity index (χ0v) is 13.0. The van der Waals surface area contributed by atoms with E-state index in [0.29, 0.717) is 18.9 Å². The smallest absolute Gasteiger partial charge is 0.416 e. The summed E-state index contributed by atoms with van der Waals surface area (Å²) in [5.41, 5.74) is 1.12. The molecule has 1 aliphatic carbocycles. The van der Waals surface area contributed by atoms with Gasteiger partial charge >= 0.3 is 6.09 Å². The van der Waals surface area contributed by atoms with E-state index < -0.39 is 6.09 Å². The molecule has 1 saturated heterocycles. The third-order valence-corrected chi connectivity index (χ3v) is 4.85. The Morgan fingerprint density at radius 2 is 2.05 bits per heavy atom. The molecule has 1 aromatic rings. The molecule has 3 rings (SSSR count). The van der Waals surface area contributed by atoms with E-state index in [1.807, 2.05) is 37.3 Å². The van der Waals surface area contributed by atoms with Crippen molar-refractivity contribution in [1.29, 1.82) is 0 Å². The van der Waals surface area contributed by atoms with Crippen LogP contribution in [0.4, 0.5) is 4.79 Å². The Labute approximate surface area is 131 Å². The molecular formula is C18H23NO3. The van der Waals surface area contributed by atoms with Gasteiger partial charge in [0.25, 0.3) is 0 Å². The highest BCUT2D eigenvalue weighted by molar-refractivity contribution is 5.94. The number of carbonyl (C=O) groups excluding carboxylic acids is 2. The van der Waals surface area contributed by atoms with Crippen LogP contribution in [0.2, 0.25) is 0 Å². The quantitative estimate of drug-likeness (QED) is 0.837. The predicted molar refractivity (Wildman–Crippen MR) is 83.3 cm³/mol. The lowest BCUT2D eigenvalue weighted by atomic mass is 9.79. The maximum absolute atomic E-state index is 12.7. The molecule has 0 aromatic heterocycles. The molecule has 4 nitrogen and oxygen atoms in total. The fourth-order valence-corrected chi connectivity index (χ4v) is 3.33. The fraction of sp³-hybridized carbons (Fsp3) is 0.556. The molecule has 0 spiro atoms. The van der Waals surface area contributed by atoms with Crippen molar-refractivity contribution < 1.29 is 14.3 Å². The van der Waals surface area contributed by atoms with E-state index in [1.54, 1.807) is 0 Å². The maximum atomic E-state index is 12.7. The highest BCUT2D eigenvalue weighted by Gasteiger charge is 2.40. The zero-order chi connectivity index (χ0) is 15.5. The molecule has 2 amide bonds. The lowest BCUT2D eigenvalue weighted by Gasteiger charge is -2.29. The largest absolute Gasteiger partial charge is 0.447 e. The topological polar surface area (TPSA) is 46.6 Å². The van der Waals surface area contributed by atoms with Crippen molar-refractivity contribution in [3.8, 4) is 0 Å². The second-order valence-electron chi connectivity index (χ2n) is 6.56. The molecule has 2 aliphatic rings. The van der Waals surface area contributed by atoms with E-state index in [-0.39, 0.29) is 17.9 Å². The Balaban J connectivity index is 1.65. The summed E-state index contributed by atoms with van der Waals surface area (Å²) >= 11 is 0. The normalized spacial score (nSPS) is 23.0. The molecule has 2 atom stereocenters. The molecule has 22 heavy (non-hydrogen) atoms. The second-order valence-corrected chi connectivity index (χ2v) is 6.56. The third-order valence-electron chi connectivity index (χ3n) is 4.85. The van der Waals surface area contributed by atoms with Gasteiger partial charge in [-0.05, 0) is 24.3 Å². The van der Waals surface area contributed by atoms with E-state index >= 15 is 0 Å². The number of hydrogen-bond donors (Lipinski definition) is 0. The molecule has 1 saturated carbocycles. The summed E-state index contributed by atoms with van der Waals surface area (Å²) in [5.74, 6) is 0.481. The van der Waals surface area contributed by atoms with Crippen LogP contribution in [0.15, 0.2) is 30.3 Å². The molecule has 1 aliphatic heterocycles. The van der Waals surface area contributed by atoms with Gasteiger partial charge in [-0.3, -0.25) is 4.79 Å². The summed E-state index contributed by atoms with van der Waals surface area (Å²) in [6.07, 6.45) is 4.78. The Morgan fingerprint density at radius 1 is 1.32 bits per heavy atom. The Hall–Kier alpha value is -1.84. The number of hydrogen-bond acceptors (Lipinski definition) is 3. The minimum absolute atomic E-state index is 0.0738. The lowest BCUT2D eigenvalue weighted by molar-refractivity contribution is -0.133. The molecule has 2 fully saturated rings. The minimum Gasteiger partial charge on any atom is -0.447 e. The van der Waals surface area contributed by atoms with Gasteiger partial charge < -0.3 is 4.74 Å². The van der Waals surface area contributed by atoms with Gasteiger partial charge in [-0.15, -0.1) is 0 Å². The summed E-state index contributed by atoms with van der Waals surface area (Å²) in [7, 11) is 0. The van der Waals surface area contributed by atoms with E-state index in [1.165, 1.54) is 24.2 Å². The zero-order valence-electron chi connectivity index (χ0n) is 13.0. The molecule has 1 heterocycles. The van der Waals surface area contributed by atoms with Gasteiger partial charge in [-0.1, -0.05) is 56.5 Å². The van der Waals surface area contributed by atoms with Gasteiger partial charge in [0.2, 0.25) is 5.91 Å². The first-order valence-electron chi connectivity index (χ1n) is 8.19. The van der Waals surface area contributed by atoms with Gasteiger partial charge in [0, 0.05) is 5.92 Å². The first-order chi connectivity index (χ1) is 10.6. The number of rotatable bonds is 5. The van der Waals surface area contributed by atoms with Crippen LogP contribution in [-0.2, 0) is 16.0 Å². The van der Waals surface area contributed by atoms with Crippen molar-refractivity contribution in [3.05, 3.63) is 35.9 Å². The van der Waals surface area contributed by atoms with Crippen LogP contribution >= 0.6 is 0 Å². The van der Waals surface area contributed by atoms with Crippen molar-refractivity contribution in [2.75, 3.05) is 6.61 Å². The van der Waals surface area contributed by atoms with Gasteiger partial charge in [-0.2, -0.15) is 0 Å². The van der Waals surface area contributed by atoms with Crippen LogP contribution in [0.3, 0.4) is 0 Å². The Bertz CT molecular complexity index is 539. The number of nitrogens with zero attached hydrogens (tertiary/aromatic N) is 1. The van der Waals surface area contributed by atoms with Gasteiger partial charge in [0.15, 0.2) is 0 Å². The molecule has 0 N–H and O–H groups in total. The number of imide groups is 1. The van der Waals surface area contributed by atoms with Crippen LogP contribution in [0.25, 0.3) is 0 Å². The van der Waals surface area contributed by atoms with Crippen molar-refractivity contribution in [2.24, 2.45) is 11.8 Å². The monoisotopic (exact) mass is 301 g/mol. The Kier molecular flexibility index (Phi) is 4.46. The number of amides is 2. The average Bonchev–Trinajstić information content (AvgIpc) is 2.84. The fourth-order valence-electron chi connectivity index (χ4n) is 3.33. The van der Waals surface area contributed by atoms with E-state index in [4.69, 9.17) is 4.74 Å². The number of ether oxygens (including phenoxy) is 1. The first-order valence-corrected chi connectivity index (χ1v) is 8.19. The lowest BCUT2D eigenvalue weighted by Crippen LogP contribution is -2.43. The van der Waals surface area contributed by atoms with Gasteiger partial charge in [0.1, 0.15) is 6.61 Å². The number of cyclic esters (lactones) is 1. The Morgan fingerprint density at radius 3 is 2.68 bits per heavy atom. The summed E-state index contributed by atoms with van der Waals surface area (Å²) < 4.78 is 5.13. The second kappa shape index (κ2) is 6.51. The predicted octanol–water partition coefficient (Wildman–Crippen LogP) is 3.40. The molecule has 4 heteroatoms. The van der Waals surface area contributed by atoms with Crippen LogP contribution in [0.1, 0.15) is 38.2 Å². The van der Waals surface area contributed by atoms with Gasteiger partial charge in [0.05, 0.1) is 6.04 Å². The van der Waals surface area contributed by atoms with Gasteiger partial charge in [-0.25, -0.2) is 9.69 Å². The van der Waals surface area contributed by atoms with Crippen molar-refractivity contribution >= 4 is 12.0 Å². The SMILES string of the molecule is CC(CC1CCC1)C(=O)N1C(=O)OC[C@H]1Cc1ccccc1.